The first-order valence-corrected chi connectivity index (χ1v) is 7.83. The van der Waals surface area contributed by atoms with Crippen molar-refractivity contribution in [2.75, 3.05) is 14.2 Å². The molecule has 2 rings (SSSR count). The Balaban J connectivity index is 2.10. The number of methoxy groups -OCH3 is 1. The highest BCUT2D eigenvalue weighted by Crippen LogP contribution is 2.27. The Morgan fingerprint density at radius 2 is 2.10 bits per heavy atom. The Kier molecular flexibility index (Phi) is 5.94. The van der Waals surface area contributed by atoms with Gasteiger partial charge in [0.25, 0.3) is 0 Å². The Morgan fingerprint density at radius 1 is 1.33 bits per heavy atom. The quantitative estimate of drug-likeness (QED) is 0.874. The molecule has 0 aromatic carbocycles. The van der Waals surface area contributed by atoms with Crippen LogP contribution in [0.5, 0.6) is 5.75 Å². The minimum atomic E-state index is 0.202. The van der Waals surface area contributed by atoms with Gasteiger partial charge in [0.15, 0.2) is 5.75 Å². The van der Waals surface area contributed by atoms with Crippen LogP contribution >= 0.6 is 0 Å². The summed E-state index contributed by atoms with van der Waals surface area (Å²) in [7, 11) is 3.70. The molecule has 0 saturated heterocycles. The van der Waals surface area contributed by atoms with Gasteiger partial charge in [-0.25, -0.2) is 9.97 Å². The maximum atomic E-state index is 6.16. The molecule has 1 aliphatic rings. The van der Waals surface area contributed by atoms with Crippen LogP contribution < -0.4 is 10.1 Å². The summed E-state index contributed by atoms with van der Waals surface area (Å²) >= 11 is 0. The van der Waals surface area contributed by atoms with Gasteiger partial charge < -0.3 is 14.8 Å². The molecule has 0 amide bonds. The number of ether oxygens (including phenoxy) is 2. The van der Waals surface area contributed by atoms with Gasteiger partial charge in [0.1, 0.15) is 11.9 Å². The van der Waals surface area contributed by atoms with E-state index in [4.69, 9.17) is 9.47 Å². The summed E-state index contributed by atoms with van der Waals surface area (Å²) in [6.45, 7) is 4.89. The van der Waals surface area contributed by atoms with Crippen LogP contribution in [0, 0.1) is 0 Å². The van der Waals surface area contributed by atoms with Gasteiger partial charge in [-0.05, 0) is 26.3 Å². The van der Waals surface area contributed by atoms with Crippen molar-refractivity contribution < 1.29 is 9.47 Å². The van der Waals surface area contributed by atoms with Crippen molar-refractivity contribution in [3.05, 3.63) is 17.7 Å². The van der Waals surface area contributed by atoms with E-state index in [9.17, 15) is 0 Å². The molecule has 0 bridgehead atoms. The highest BCUT2D eigenvalue weighted by atomic mass is 16.5. The minimum Gasteiger partial charge on any atom is -0.487 e. The Labute approximate surface area is 127 Å². The molecule has 2 unspecified atom stereocenters. The number of hydrogen-bond donors (Lipinski definition) is 1. The van der Waals surface area contributed by atoms with Gasteiger partial charge in [0.2, 0.25) is 0 Å². The Bertz CT molecular complexity index is 451. The monoisotopic (exact) mass is 293 g/mol. The molecule has 1 aliphatic carbocycles. The lowest BCUT2D eigenvalue weighted by atomic mass is 9.95. The fourth-order valence-electron chi connectivity index (χ4n) is 2.70. The van der Waals surface area contributed by atoms with Crippen molar-refractivity contribution >= 4 is 0 Å². The zero-order valence-corrected chi connectivity index (χ0v) is 13.6. The summed E-state index contributed by atoms with van der Waals surface area (Å²) < 4.78 is 11.6. The molecule has 1 aromatic rings. The second-order valence-corrected chi connectivity index (χ2v) is 5.99. The normalized spacial score (nSPS) is 22.5. The van der Waals surface area contributed by atoms with Crippen molar-refractivity contribution in [1.29, 1.82) is 0 Å². The summed E-state index contributed by atoms with van der Waals surface area (Å²) in [6.07, 6.45) is 6.63. The lowest BCUT2D eigenvalue weighted by Gasteiger charge is -2.29. The maximum absolute atomic E-state index is 6.16. The van der Waals surface area contributed by atoms with Gasteiger partial charge in [-0.3, -0.25) is 0 Å². The van der Waals surface area contributed by atoms with Crippen LogP contribution in [-0.4, -0.2) is 36.3 Å². The van der Waals surface area contributed by atoms with Crippen LogP contribution in [0.1, 0.15) is 57.0 Å². The van der Waals surface area contributed by atoms with Crippen LogP contribution in [0.25, 0.3) is 0 Å². The maximum Gasteiger partial charge on any atom is 0.160 e. The summed E-state index contributed by atoms with van der Waals surface area (Å²) in [5.41, 5.74) is 0.941. The third-order valence-corrected chi connectivity index (χ3v) is 3.91. The van der Waals surface area contributed by atoms with Crippen molar-refractivity contribution in [1.82, 2.24) is 15.3 Å². The van der Waals surface area contributed by atoms with Crippen LogP contribution in [-0.2, 0) is 11.3 Å². The fourth-order valence-corrected chi connectivity index (χ4v) is 2.70. The minimum absolute atomic E-state index is 0.202. The van der Waals surface area contributed by atoms with Gasteiger partial charge in [-0.15, -0.1) is 0 Å². The third-order valence-electron chi connectivity index (χ3n) is 3.91. The van der Waals surface area contributed by atoms with Crippen molar-refractivity contribution in [2.24, 2.45) is 0 Å². The molecule has 1 fully saturated rings. The molecule has 1 heterocycles. The molecular formula is C16H27N3O2. The summed E-state index contributed by atoms with van der Waals surface area (Å²) in [5.74, 6) is 1.99. The molecule has 1 N–H and O–H groups in total. The van der Waals surface area contributed by atoms with Crippen molar-refractivity contribution in [3.63, 3.8) is 0 Å². The molecule has 5 heteroatoms. The fraction of sp³-hybridized carbons (Fsp3) is 0.750. The van der Waals surface area contributed by atoms with E-state index in [1.54, 1.807) is 7.11 Å². The van der Waals surface area contributed by atoms with E-state index in [-0.39, 0.29) is 6.10 Å². The predicted molar refractivity (Wildman–Crippen MR) is 82.6 cm³/mol. The topological polar surface area (TPSA) is 56.3 Å². The summed E-state index contributed by atoms with van der Waals surface area (Å²) in [6, 6.07) is 0. The van der Waals surface area contributed by atoms with Crippen LogP contribution in [0.2, 0.25) is 0 Å². The first kappa shape index (κ1) is 16.2. The molecule has 0 radical (unpaired) electrons. The van der Waals surface area contributed by atoms with Gasteiger partial charge >= 0.3 is 0 Å². The molecule has 0 spiro atoms. The number of rotatable bonds is 6. The number of nitrogens with one attached hydrogen (secondary N) is 1. The molecule has 5 nitrogen and oxygen atoms in total. The van der Waals surface area contributed by atoms with Crippen LogP contribution in [0.3, 0.4) is 0 Å². The van der Waals surface area contributed by atoms with E-state index in [0.29, 0.717) is 18.6 Å². The third kappa shape index (κ3) is 4.38. The molecule has 118 valence electrons. The largest absolute Gasteiger partial charge is 0.487 e. The second-order valence-electron chi connectivity index (χ2n) is 5.99. The molecule has 2 atom stereocenters. The van der Waals surface area contributed by atoms with E-state index >= 15 is 0 Å². The molecule has 0 aliphatic heterocycles. The first-order chi connectivity index (χ1) is 10.1. The van der Waals surface area contributed by atoms with Crippen LogP contribution in [0.15, 0.2) is 6.20 Å². The highest BCUT2D eigenvalue weighted by molar-refractivity contribution is 5.25. The molecule has 21 heavy (non-hydrogen) atoms. The first-order valence-electron chi connectivity index (χ1n) is 7.83. The van der Waals surface area contributed by atoms with E-state index in [1.165, 1.54) is 0 Å². The Morgan fingerprint density at radius 3 is 2.76 bits per heavy atom. The number of aromatic nitrogens is 2. The average molecular weight is 293 g/mol. The lowest BCUT2D eigenvalue weighted by molar-refractivity contribution is 0.0203. The standard InChI is InChI=1S/C16H27N3O2/c1-11(2)16-18-10-15(14(19-16)9-17-3)21-13-7-5-6-12(8-13)20-4/h10-13,17H,5-9H2,1-4H3. The second kappa shape index (κ2) is 7.71. The van der Waals surface area contributed by atoms with E-state index in [1.807, 2.05) is 13.2 Å². The van der Waals surface area contributed by atoms with Gasteiger partial charge in [0, 0.05) is 26.0 Å². The number of hydrogen-bond acceptors (Lipinski definition) is 5. The molecule has 1 aromatic heterocycles. The van der Waals surface area contributed by atoms with Gasteiger partial charge in [-0.2, -0.15) is 0 Å². The number of nitrogens with zero attached hydrogens (tertiary/aromatic N) is 2. The van der Waals surface area contributed by atoms with Crippen molar-refractivity contribution in [2.45, 2.75) is 64.2 Å². The van der Waals surface area contributed by atoms with Gasteiger partial charge in [0.05, 0.1) is 18.0 Å². The lowest BCUT2D eigenvalue weighted by Crippen LogP contribution is -2.30. The van der Waals surface area contributed by atoms with E-state index in [2.05, 4.69) is 29.1 Å². The molecular weight excluding hydrogens is 266 g/mol. The van der Waals surface area contributed by atoms with E-state index < -0.39 is 0 Å². The van der Waals surface area contributed by atoms with Gasteiger partial charge in [-0.1, -0.05) is 13.8 Å². The smallest absolute Gasteiger partial charge is 0.160 e. The summed E-state index contributed by atoms with van der Waals surface area (Å²) in [4.78, 5) is 9.07. The van der Waals surface area contributed by atoms with E-state index in [0.717, 1.165) is 43.0 Å². The van der Waals surface area contributed by atoms with Crippen molar-refractivity contribution in [3.8, 4) is 5.75 Å². The zero-order chi connectivity index (χ0) is 15.2. The molecule has 1 saturated carbocycles. The highest BCUT2D eigenvalue weighted by Gasteiger charge is 2.24. The van der Waals surface area contributed by atoms with Crippen LogP contribution in [0.4, 0.5) is 0 Å². The average Bonchev–Trinajstić information content (AvgIpc) is 2.49. The Hall–Kier alpha value is -1.20. The predicted octanol–water partition coefficient (Wildman–Crippen LogP) is 2.66. The zero-order valence-electron chi connectivity index (χ0n) is 13.6. The SMILES string of the molecule is CNCc1nc(C(C)C)ncc1OC1CCCC(OC)C1. The summed E-state index contributed by atoms with van der Waals surface area (Å²) in [5, 5.41) is 3.15.